The number of halogens is 2. The van der Waals surface area contributed by atoms with Gasteiger partial charge in [-0.25, -0.2) is 0 Å². The molecule has 0 aliphatic heterocycles. The Balaban J connectivity index is 1.73. The highest BCUT2D eigenvalue weighted by atomic mass is 79.9. The van der Waals surface area contributed by atoms with Crippen molar-refractivity contribution < 1.29 is 14.3 Å². The smallest absolute Gasteiger partial charge is 0.262 e. The lowest BCUT2D eigenvalue weighted by molar-refractivity contribution is -0.118. The van der Waals surface area contributed by atoms with Crippen molar-refractivity contribution >= 4 is 44.9 Å². The molecule has 0 aliphatic carbocycles. The lowest BCUT2D eigenvalue weighted by Gasteiger charge is -2.13. The van der Waals surface area contributed by atoms with Crippen LogP contribution in [0.2, 0.25) is 5.02 Å². The maximum atomic E-state index is 12.8. The van der Waals surface area contributed by atoms with E-state index in [-0.39, 0.29) is 18.3 Å². The molecule has 3 aromatic rings. The molecule has 0 heterocycles. The summed E-state index contributed by atoms with van der Waals surface area (Å²) in [5.74, 6) is -0.0165. The third kappa shape index (κ3) is 5.46. The lowest BCUT2D eigenvalue weighted by Crippen LogP contribution is -2.21. The highest BCUT2D eigenvalue weighted by Gasteiger charge is 2.16. The van der Waals surface area contributed by atoms with Gasteiger partial charge >= 0.3 is 0 Å². The normalized spacial score (nSPS) is 10.4. The summed E-state index contributed by atoms with van der Waals surface area (Å²) in [6.45, 7) is 1.88. The number of hydrogen-bond donors (Lipinski definition) is 1. The first kappa shape index (κ1) is 21.1. The third-order valence-electron chi connectivity index (χ3n) is 4.30. The van der Waals surface area contributed by atoms with Crippen molar-refractivity contribution in [1.82, 2.24) is 0 Å². The molecule has 0 saturated heterocycles. The average Bonchev–Trinajstić information content (AvgIpc) is 2.74. The molecule has 0 atom stereocenters. The summed E-state index contributed by atoms with van der Waals surface area (Å²) in [7, 11) is 0. The standard InChI is InChI=1S/C23H19BrClNO3/c1-2-15-8-11-21(19(24)12-15)29-14-22(27)26-20-10-9-17(25)13-18(20)23(28)16-6-4-3-5-7-16/h3-13H,2,14H2,1H3,(H,26,27). The van der Waals surface area contributed by atoms with Crippen LogP contribution in [0.1, 0.15) is 28.4 Å². The molecule has 0 bridgehead atoms. The molecule has 29 heavy (non-hydrogen) atoms. The number of aryl methyl sites for hydroxylation is 1. The Bertz CT molecular complexity index is 1040. The highest BCUT2D eigenvalue weighted by Crippen LogP contribution is 2.27. The SMILES string of the molecule is CCc1ccc(OCC(=O)Nc2ccc(Cl)cc2C(=O)c2ccccc2)c(Br)c1. The van der Waals surface area contributed by atoms with Gasteiger partial charge in [0.05, 0.1) is 10.2 Å². The predicted molar refractivity (Wildman–Crippen MR) is 119 cm³/mol. The Morgan fingerprint density at radius 3 is 2.48 bits per heavy atom. The van der Waals surface area contributed by atoms with Crippen molar-refractivity contribution in [2.24, 2.45) is 0 Å². The van der Waals surface area contributed by atoms with Crippen molar-refractivity contribution in [3.8, 4) is 5.75 Å². The summed E-state index contributed by atoms with van der Waals surface area (Å²) >= 11 is 9.53. The summed E-state index contributed by atoms with van der Waals surface area (Å²) in [5.41, 5.74) is 2.39. The maximum Gasteiger partial charge on any atom is 0.262 e. The number of ketones is 1. The Morgan fingerprint density at radius 1 is 1.03 bits per heavy atom. The van der Waals surface area contributed by atoms with Crippen LogP contribution in [-0.2, 0) is 11.2 Å². The van der Waals surface area contributed by atoms with E-state index in [1.165, 1.54) is 5.56 Å². The van der Waals surface area contributed by atoms with E-state index in [0.29, 0.717) is 27.6 Å². The molecule has 3 aromatic carbocycles. The quantitative estimate of drug-likeness (QED) is 0.435. The van der Waals surface area contributed by atoms with Crippen LogP contribution in [0, 0.1) is 0 Å². The van der Waals surface area contributed by atoms with Crippen LogP contribution in [-0.4, -0.2) is 18.3 Å². The molecule has 6 heteroatoms. The summed E-state index contributed by atoms with van der Waals surface area (Å²) in [6, 6.07) is 19.4. The van der Waals surface area contributed by atoms with Gasteiger partial charge in [-0.15, -0.1) is 0 Å². The van der Waals surface area contributed by atoms with Crippen LogP contribution in [0.5, 0.6) is 5.75 Å². The van der Waals surface area contributed by atoms with Crippen LogP contribution in [0.4, 0.5) is 5.69 Å². The van der Waals surface area contributed by atoms with E-state index in [0.717, 1.165) is 10.9 Å². The number of nitrogens with one attached hydrogen (secondary N) is 1. The maximum absolute atomic E-state index is 12.8. The number of rotatable bonds is 7. The fraction of sp³-hybridized carbons (Fsp3) is 0.130. The number of ether oxygens (including phenoxy) is 1. The minimum Gasteiger partial charge on any atom is -0.483 e. The van der Waals surface area contributed by atoms with Gasteiger partial charge in [0.2, 0.25) is 0 Å². The molecule has 0 spiro atoms. The topological polar surface area (TPSA) is 55.4 Å². The molecular formula is C23H19BrClNO3. The van der Waals surface area contributed by atoms with E-state index in [1.54, 1.807) is 42.5 Å². The van der Waals surface area contributed by atoms with Crippen LogP contribution in [0.3, 0.4) is 0 Å². The average molecular weight is 473 g/mol. The van der Waals surface area contributed by atoms with E-state index in [2.05, 4.69) is 28.2 Å². The zero-order valence-corrected chi connectivity index (χ0v) is 18.1. The molecule has 3 rings (SSSR count). The molecular weight excluding hydrogens is 454 g/mol. The molecule has 0 unspecified atom stereocenters. The summed E-state index contributed by atoms with van der Waals surface area (Å²) in [4.78, 5) is 25.3. The molecule has 0 saturated carbocycles. The second kappa shape index (κ2) is 9.72. The number of carbonyl (C=O) groups excluding carboxylic acids is 2. The summed E-state index contributed by atoms with van der Waals surface area (Å²) in [5, 5.41) is 3.16. The monoisotopic (exact) mass is 471 g/mol. The molecule has 148 valence electrons. The number of carbonyl (C=O) groups is 2. The van der Waals surface area contributed by atoms with E-state index in [9.17, 15) is 9.59 Å². The Hall–Kier alpha value is -2.63. The van der Waals surface area contributed by atoms with Crippen LogP contribution in [0.15, 0.2) is 71.2 Å². The molecule has 0 aliphatic rings. The fourth-order valence-corrected chi connectivity index (χ4v) is 3.48. The molecule has 1 amide bonds. The zero-order valence-electron chi connectivity index (χ0n) is 15.7. The number of anilines is 1. The molecule has 4 nitrogen and oxygen atoms in total. The van der Waals surface area contributed by atoms with Gasteiger partial charge in [-0.2, -0.15) is 0 Å². The number of hydrogen-bond acceptors (Lipinski definition) is 3. The number of benzene rings is 3. The van der Waals surface area contributed by atoms with Crippen LogP contribution in [0.25, 0.3) is 0 Å². The Kier molecular flexibility index (Phi) is 7.07. The van der Waals surface area contributed by atoms with E-state index >= 15 is 0 Å². The van der Waals surface area contributed by atoms with Gasteiger partial charge in [0.25, 0.3) is 5.91 Å². The van der Waals surface area contributed by atoms with Crippen molar-refractivity contribution in [2.75, 3.05) is 11.9 Å². The lowest BCUT2D eigenvalue weighted by atomic mass is 10.0. The van der Waals surface area contributed by atoms with Crippen molar-refractivity contribution in [3.63, 3.8) is 0 Å². The van der Waals surface area contributed by atoms with Gasteiger partial charge in [-0.05, 0) is 58.2 Å². The largest absolute Gasteiger partial charge is 0.483 e. The molecule has 1 N–H and O–H groups in total. The summed E-state index contributed by atoms with van der Waals surface area (Å²) < 4.78 is 6.40. The molecule has 0 fully saturated rings. The van der Waals surface area contributed by atoms with Gasteiger partial charge in [0.15, 0.2) is 12.4 Å². The first-order valence-electron chi connectivity index (χ1n) is 9.08. The first-order valence-corrected chi connectivity index (χ1v) is 10.3. The van der Waals surface area contributed by atoms with E-state index < -0.39 is 0 Å². The first-order chi connectivity index (χ1) is 14.0. The number of amides is 1. The van der Waals surface area contributed by atoms with Crippen LogP contribution >= 0.6 is 27.5 Å². The third-order valence-corrected chi connectivity index (χ3v) is 5.15. The second-order valence-electron chi connectivity index (χ2n) is 6.34. The van der Waals surface area contributed by atoms with Gasteiger partial charge in [0, 0.05) is 16.1 Å². The van der Waals surface area contributed by atoms with Crippen LogP contribution < -0.4 is 10.1 Å². The molecule has 0 radical (unpaired) electrons. The second-order valence-corrected chi connectivity index (χ2v) is 7.63. The minimum atomic E-state index is -0.374. The molecule has 0 aromatic heterocycles. The van der Waals surface area contributed by atoms with Gasteiger partial charge < -0.3 is 10.1 Å². The van der Waals surface area contributed by atoms with Gasteiger partial charge in [-0.3, -0.25) is 9.59 Å². The van der Waals surface area contributed by atoms with Gasteiger partial charge in [0.1, 0.15) is 5.75 Å². The Morgan fingerprint density at radius 2 is 1.79 bits per heavy atom. The fourth-order valence-electron chi connectivity index (χ4n) is 2.77. The van der Waals surface area contributed by atoms with Crippen molar-refractivity contribution in [3.05, 3.63) is 92.9 Å². The van der Waals surface area contributed by atoms with Gasteiger partial charge in [-0.1, -0.05) is 54.9 Å². The van der Waals surface area contributed by atoms with Crippen molar-refractivity contribution in [2.45, 2.75) is 13.3 Å². The zero-order chi connectivity index (χ0) is 20.8. The van der Waals surface area contributed by atoms with E-state index in [4.69, 9.17) is 16.3 Å². The summed E-state index contributed by atoms with van der Waals surface area (Å²) in [6.07, 6.45) is 0.911. The minimum absolute atomic E-state index is 0.189. The predicted octanol–water partition coefficient (Wildman–Crippen LogP) is 5.91. The van der Waals surface area contributed by atoms with E-state index in [1.807, 2.05) is 24.3 Å². The Labute approximate surface area is 183 Å². The highest BCUT2D eigenvalue weighted by molar-refractivity contribution is 9.10. The van der Waals surface area contributed by atoms with Crippen molar-refractivity contribution in [1.29, 1.82) is 0 Å².